The van der Waals surface area contributed by atoms with Gasteiger partial charge in [-0.25, -0.2) is 9.50 Å². The van der Waals surface area contributed by atoms with Crippen molar-refractivity contribution in [3.05, 3.63) is 53.7 Å². The maximum atomic E-state index is 5.12. The van der Waals surface area contributed by atoms with Gasteiger partial charge in [0.25, 0.3) is 0 Å². The molecule has 0 aliphatic heterocycles. The number of hydrazone groups is 1. The number of nitrogens with zero attached hydrogens (tertiary/aromatic N) is 4. The van der Waals surface area contributed by atoms with Gasteiger partial charge >= 0.3 is 0 Å². The monoisotopic (exact) mass is 356 g/mol. The van der Waals surface area contributed by atoms with Gasteiger partial charge in [-0.3, -0.25) is 5.43 Å². The van der Waals surface area contributed by atoms with E-state index in [0.717, 1.165) is 26.9 Å². The molecule has 2 heterocycles. The van der Waals surface area contributed by atoms with Crippen LogP contribution in [0.15, 0.2) is 48.1 Å². The van der Waals surface area contributed by atoms with Gasteiger partial charge in [0.05, 0.1) is 6.21 Å². The Kier molecular flexibility index (Phi) is 4.97. The highest BCUT2D eigenvalue weighted by atomic mass is 32.1. The number of hydrogen-bond donors (Lipinski definition) is 2. The zero-order valence-corrected chi connectivity index (χ0v) is 14.7. The van der Waals surface area contributed by atoms with E-state index >= 15 is 0 Å². The van der Waals surface area contributed by atoms with Crippen molar-refractivity contribution in [3.8, 4) is 11.3 Å². The first kappa shape index (κ1) is 16.3. The third-order valence-electron chi connectivity index (χ3n) is 3.15. The highest BCUT2D eigenvalue weighted by Crippen LogP contribution is 2.25. The van der Waals surface area contributed by atoms with Crippen molar-refractivity contribution in [3.63, 3.8) is 0 Å². The molecule has 0 spiro atoms. The van der Waals surface area contributed by atoms with Gasteiger partial charge in [0.2, 0.25) is 4.96 Å². The highest BCUT2D eigenvalue weighted by Gasteiger charge is 2.15. The van der Waals surface area contributed by atoms with Gasteiger partial charge in [-0.05, 0) is 19.1 Å². The second-order valence-electron chi connectivity index (χ2n) is 4.90. The SMILES string of the molecule is C=CCNC(=S)N/N=C/c1c(-c2ccccc2)nc2sc(C)nn12. The zero-order chi connectivity index (χ0) is 16.9. The summed E-state index contributed by atoms with van der Waals surface area (Å²) in [5, 5.41) is 13.0. The van der Waals surface area contributed by atoms with E-state index in [0.29, 0.717) is 11.7 Å². The molecule has 0 unspecified atom stereocenters. The molecule has 0 atom stereocenters. The Labute approximate surface area is 148 Å². The first-order chi connectivity index (χ1) is 11.7. The molecule has 2 N–H and O–H groups in total. The van der Waals surface area contributed by atoms with Gasteiger partial charge in [0.1, 0.15) is 16.4 Å². The summed E-state index contributed by atoms with van der Waals surface area (Å²) >= 11 is 6.66. The Bertz CT molecular complexity index is 894. The lowest BCUT2D eigenvalue weighted by atomic mass is 10.1. The van der Waals surface area contributed by atoms with E-state index in [1.165, 1.54) is 0 Å². The van der Waals surface area contributed by atoms with Gasteiger partial charge in [-0.1, -0.05) is 47.7 Å². The Balaban J connectivity index is 1.92. The van der Waals surface area contributed by atoms with Gasteiger partial charge < -0.3 is 5.32 Å². The summed E-state index contributed by atoms with van der Waals surface area (Å²) in [6.45, 7) is 6.16. The molecule has 0 saturated heterocycles. The Morgan fingerprint density at radius 3 is 2.96 bits per heavy atom. The molecule has 3 aromatic rings. The predicted octanol–water partition coefficient (Wildman–Crippen LogP) is 2.75. The predicted molar refractivity (Wildman–Crippen MR) is 103 cm³/mol. The minimum Gasteiger partial charge on any atom is -0.358 e. The van der Waals surface area contributed by atoms with Crippen LogP contribution in [0.25, 0.3) is 16.2 Å². The number of benzene rings is 1. The molecule has 8 heteroatoms. The molecular formula is C16H16N6S2. The molecule has 6 nitrogen and oxygen atoms in total. The summed E-state index contributed by atoms with van der Waals surface area (Å²) < 4.78 is 1.80. The van der Waals surface area contributed by atoms with E-state index in [2.05, 4.69) is 32.5 Å². The minimum absolute atomic E-state index is 0.433. The zero-order valence-electron chi connectivity index (χ0n) is 13.1. The fraction of sp³-hybridized carbons (Fsp3) is 0.125. The summed E-state index contributed by atoms with van der Waals surface area (Å²) in [5.41, 5.74) is 5.44. The molecule has 0 aliphatic carbocycles. The summed E-state index contributed by atoms with van der Waals surface area (Å²) in [6.07, 6.45) is 3.41. The van der Waals surface area contributed by atoms with E-state index in [-0.39, 0.29) is 0 Å². The van der Waals surface area contributed by atoms with Gasteiger partial charge in [0, 0.05) is 12.1 Å². The molecule has 0 aliphatic rings. The largest absolute Gasteiger partial charge is 0.358 e. The number of imidazole rings is 1. The number of nitrogens with one attached hydrogen (secondary N) is 2. The summed E-state index contributed by atoms with van der Waals surface area (Å²) in [4.78, 5) is 5.52. The van der Waals surface area contributed by atoms with Crippen LogP contribution in [0.3, 0.4) is 0 Å². The van der Waals surface area contributed by atoms with Crippen LogP contribution in [0.1, 0.15) is 10.7 Å². The second-order valence-corrected chi connectivity index (χ2v) is 6.46. The van der Waals surface area contributed by atoms with Crippen molar-refractivity contribution < 1.29 is 0 Å². The molecule has 0 fully saturated rings. The van der Waals surface area contributed by atoms with Crippen LogP contribution < -0.4 is 10.7 Å². The van der Waals surface area contributed by atoms with Crippen LogP contribution in [0, 0.1) is 6.92 Å². The van der Waals surface area contributed by atoms with E-state index in [4.69, 9.17) is 12.2 Å². The standard InChI is InChI=1S/C16H16N6S2/c1-3-9-17-15(23)20-18-10-13-14(12-7-5-4-6-8-12)19-16-22(13)21-11(2)24-16/h3-8,10H,1,9H2,2H3,(H2,17,20,23)/b18-10+. The molecule has 0 radical (unpaired) electrons. The first-order valence-corrected chi connectivity index (χ1v) is 8.51. The van der Waals surface area contributed by atoms with Crippen molar-refractivity contribution in [2.45, 2.75) is 6.92 Å². The molecule has 2 aromatic heterocycles. The first-order valence-electron chi connectivity index (χ1n) is 7.28. The fourth-order valence-electron chi connectivity index (χ4n) is 2.14. The number of rotatable bonds is 5. The van der Waals surface area contributed by atoms with Crippen LogP contribution in [0.5, 0.6) is 0 Å². The van der Waals surface area contributed by atoms with Crippen LogP contribution in [0.2, 0.25) is 0 Å². The summed E-state index contributed by atoms with van der Waals surface area (Å²) in [6, 6.07) is 9.97. The Morgan fingerprint density at radius 2 is 2.21 bits per heavy atom. The van der Waals surface area contributed by atoms with Crippen LogP contribution in [0.4, 0.5) is 0 Å². The number of aromatic nitrogens is 3. The van der Waals surface area contributed by atoms with Crippen molar-refractivity contribution >= 4 is 39.8 Å². The van der Waals surface area contributed by atoms with Crippen LogP contribution in [-0.2, 0) is 0 Å². The lowest BCUT2D eigenvalue weighted by Crippen LogP contribution is -2.31. The molecule has 0 amide bonds. The van der Waals surface area contributed by atoms with E-state index < -0.39 is 0 Å². The lowest BCUT2D eigenvalue weighted by Gasteiger charge is -2.03. The Hall–Kier alpha value is -2.58. The minimum atomic E-state index is 0.433. The quantitative estimate of drug-likeness (QED) is 0.318. The maximum absolute atomic E-state index is 5.12. The molecule has 3 rings (SSSR count). The van der Waals surface area contributed by atoms with E-state index in [1.807, 2.05) is 37.3 Å². The number of thiocarbonyl (C=S) groups is 1. The second kappa shape index (κ2) is 7.33. The molecule has 122 valence electrons. The molecule has 1 aromatic carbocycles. The van der Waals surface area contributed by atoms with Crippen LogP contribution in [-0.4, -0.2) is 32.5 Å². The van der Waals surface area contributed by atoms with Crippen LogP contribution >= 0.6 is 23.6 Å². The lowest BCUT2D eigenvalue weighted by molar-refractivity contribution is 0.923. The fourth-order valence-corrected chi connectivity index (χ4v) is 3.03. The van der Waals surface area contributed by atoms with Crippen molar-refractivity contribution in [2.24, 2.45) is 5.10 Å². The normalized spacial score (nSPS) is 11.0. The van der Waals surface area contributed by atoms with E-state index in [9.17, 15) is 0 Å². The molecular weight excluding hydrogens is 340 g/mol. The Morgan fingerprint density at radius 1 is 1.42 bits per heavy atom. The van der Waals surface area contributed by atoms with Gasteiger partial charge in [0.15, 0.2) is 5.11 Å². The molecule has 0 saturated carbocycles. The van der Waals surface area contributed by atoms with Gasteiger partial charge in [-0.2, -0.15) is 10.2 Å². The number of hydrogen-bond acceptors (Lipinski definition) is 5. The smallest absolute Gasteiger partial charge is 0.213 e. The number of aryl methyl sites for hydroxylation is 1. The molecule has 0 bridgehead atoms. The third kappa shape index (κ3) is 3.50. The number of fused-ring (bicyclic) bond motifs is 1. The third-order valence-corrected chi connectivity index (χ3v) is 4.21. The molecule has 24 heavy (non-hydrogen) atoms. The average Bonchev–Trinajstić information content (AvgIpc) is 3.10. The van der Waals surface area contributed by atoms with Gasteiger partial charge in [-0.15, -0.1) is 6.58 Å². The topological polar surface area (TPSA) is 66.6 Å². The maximum Gasteiger partial charge on any atom is 0.213 e. The van der Waals surface area contributed by atoms with Crippen molar-refractivity contribution in [2.75, 3.05) is 6.54 Å². The average molecular weight is 356 g/mol. The van der Waals surface area contributed by atoms with Crippen molar-refractivity contribution in [1.82, 2.24) is 25.3 Å². The summed E-state index contributed by atoms with van der Waals surface area (Å²) in [7, 11) is 0. The highest BCUT2D eigenvalue weighted by molar-refractivity contribution is 7.80. The summed E-state index contributed by atoms with van der Waals surface area (Å²) in [5.74, 6) is 0. The van der Waals surface area contributed by atoms with Crippen molar-refractivity contribution in [1.29, 1.82) is 0 Å². The van der Waals surface area contributed by atoms with E-state index in [1.54, 1.807) is 28.1 Å².